The number of hydrogen-bond acceptors (Lipinski definition) is 11. The Hall–Kier alpha value is -17.0. The van der Waals surface area contributed by atoms with Crippen molar-refractivity contribution in [2.24, 2.45) is 0 Å². The molecule has 0 amide bonds. The highest BCUT2D eigenvalue weighted by Crippen LogP contribution is 2.52. The number of nitrogens with zero attached hydrogens (tertiary/aromatic N) is 14. The third-order valence-corrected chi connectivity index (χ3v) is 23.3. The average Bonchev–Trinajstić information content (AvgIpc) is 1.58. The van der Waals surface area contributed by atoms with E-state index in [1.807, 2.05) is 195 Å². The molecule has 3 aliphatic carbocycles. The quantitative estimate of drug-likeness (QED) is 0.128. The van der Waals surface area contributed by atoms with Gasteiger partial charge in [0.25, 0.3) is 0 Å². The number of pyridine rings is 3. The maximum atomic E-state index is 5.10. The van der Waals surface area contributed by atoms with Crippen molar-refractivity contribution in [3.05, 3.63) is 413 Å². The molecular weight excluding hydrogens is 1510 g/mol. The molecule has 0 fully saturated rings. The van der Waals surface area contributed by atoms with Crippen LogP contribution in [0.25, 0.3) is 230 Å². The van der Waals surface area contributed by atoms with E-state index in [0.29, 0.717) is 41.0 Å². The van der Waals surface area contributed by atoms with Gasteiger partial charge in [-0.2, -0.15) is 9.97 Å². The standard InChI is InChI=1S/C40H25N5.C35H22N4.C34H21N5/c1-3-12-26(13-4-1)38-42-39(27-14-5-2-6-15-27)44-40(43-38)28-16-9-17-29(24-28)45-25-34-36-32(20-10-22-35(36)45)30-18-7-8-19-31(30)33-21-11-23-41-37(33)34;1-3-11-23(12-4-1)30-21-31(24-13-5-2-6-14-24)38-35(37-30)39-22-29-33-27(17-9-19-32(33)39)25-15-7-8-16-26(25)28-18-10-20-36-34(28)29;1-3-11-22(12-4-1)32-36-33(23-13-5-2-6-14-23)38-34(37-32)39-21-28-30-26(17-9-19-29(30)39)24-15-7-8-16-25(24)27-18-10-20-35-31(27)28/h1-25H;1-22H;1-21H. The second-order valence-corrected chi connectivity index (χ2v) is 30.4. The normalized spacial score (nSPS) is 11.6. The molecule has 123 heavy (non-hydrogen) atoms. The molecule has 22 aromatic rings. The van der Waals surface area contributed by atoms with Crippen molar-refractivity contribution < 1.29 is 0 Å². The Bertz CT molecular complexity index is 7390. The van der Waals surface area contributed by atoms with E-state index in [0.717, 1.165) is 134 Å². The average molecular weight is 1570 g/mol. The number of fused-ring (bicyclic) bond motifs is 15. The van der Waals surface area contributed by atoms with Gasteiger partial charge in [-0.1, -0.05) is 322 Å². The predicted molar refractivity (Wildman–Crippen MR) is 493 cm³/mol. The Labute approximate surface area is 707 Å². The molecule has 25 rings (SSSR count). The van der Waals surface area contributed by atoms with Gasteiger partial charge in [-0.3, -0.25) is 24.1 Å². The molecule has 0 unspecified atom stereocenters. The van der Waals surface area contributed by atoms with Gasteiger partial charge in [-0.15, -0.1) is 0 Å². The summed E-state index contributed by atoms with van der Waals surface area (Å²) in [4.78, 5) is 54.5. The highest BCUT2D eigenvalue weighted by Gasteiger charge is 2.31. The van der Waals surface area contributed by atoms with Crippen LogP contribution >= 0.6 is 0 Å². The van der Waals surface area contributed by atoms with Gasteiger partial charge >= 0.3 is 0 Å². The topological polar surface area (TPSA) is 157 Å². The summed E-state index contributed by atoms with van der Waals surface area (Å²) in [6.07, 6.45) is 12.1. The summed E-state index contributed by atoms with van der Waals surface area (Å²) >= 11 is 0. The third kappa shape index (κ3) is 12.6. The molecule has 14 heteroatoms. The van der Waals surface area contributed by atoms with Crippen molar-refractivity contribution in [2.75, 3.05) is 0 Å². The maximum Gasteiger partial charge on any atom is 0.238 e. The van der Waals surface area contributed by atoms with Crippen LogP contribution in [0.3, 0.4) is 0 Å². The van der Waals surface area contributed by atoms with Crippen LogP contribution in [-0.2, 0) is 0 Å². The van der Waals surface area contributed by atoms with Crippen molar-refractivity contribution in [2.45, 2.75) is 0 Å². The minimum Gasteiger partial charge on any atom is -0.316 e. The first-order valence-electron chi connectivity index (χ1n) is 40.9. The summed E-state index contributed by atoms with van der Waals surface area (Å²) in [5.41, 5.74) is 33.2. The molecule has 14 nitrogen and oxygen atoms in total. The van der Waals surface area contributed by atoms with Gasteiger partial charge in [0, 0.05) is 131 Å². The summed E-state index contributed by atoms with van der Waals surface area (Å²) in [6, 6.07) is 129. The first-order chi connectivity index (χ1) is 61.0. The number of aromatic nitrogens is 14. The van der Waals surface area contributed by atoms with Gasteiger partial charge in [-0.25, -0.2) is 29.9 Å². The molecule has 0 radical (unpaired) electrons. The second kappa shape index (κ2) is 30.2. The minimum atomic E-state index is 0.572. The van der Waals surface area contributed by atoms with Gasteiger partial charge < -0.3 is 4.57 Å². The summed E-state index contributed by atoms with van der Waals surface area (Å²) in [5, 5.41) is 3.51. The van der Waals surface area contributed by atoms with Gasteiger partial charge in [-0.05, 0) is 105 Å². The van der Waals surface area contributed by atoms with Crippen molar-refractivity contribution >= 4 is 32.7 Å². The van der Waals surface area contributed by atoms with E-state index in [9.17, 15) is 0 Å². The lowest BCUT2D eigenvalue weighted by Gasteiger charge is -2.12. The Balaban J connectivity index is 0.000000107. The zero-order valence-corrected chi connectivity index (χ0v) is 66.0. The van der Waals surface area contributed by atoms with Crippen LogP contribution < -0.4 is 0 Å². The van der Waals surface area contributed by atoms with Crippen LogP contribution in [0.2, 0.25) is 0 Å². The van der Waals surface area contributed by atoms with Gasteiger partial charge in [0.1, 0.15) is 0 Å². The minimum absolute atomic E-state index is 0.572. The Morgan fingerprint density at radius 3 is 0.789 bits per heavy atom. The summed E-state index contributed by atoms with van der Waals surface area (Å²) < 4.78 is 6.47. The molecule has 9 heterocycles. The predicted octanol–water partition coefficient (Wildman–Crippen LogP) is 25.8. The lowest BCUT2D eigenvalue weighted by Crippen LogP contribution is -2.05. The number of rotatable bonds is 10. The highest BCUT2D eigenvalue weighted by atomic mass is 15.2. The van der Waals surface area contributed by atoms with Crippen molar-refractivity contribution in [3.8, 4) is 198 Å². The molecule has 0 atom stereocenters. The third-order valence-electron chi connectivity index (χ3n) is 23.3. The SMILES string of the molecule is c1ccc(-c2cc(-c3ccccc3)nc(-n3cc4c5c(cccc53)-c3ccccc3-c3cccnc3-4)n2)cc1.c1ccc(-c2nc(-c3ccccc3)nc(-c3cccc(-n4cc5c6c(cccc64)-c4ccccc4-c4cccnc4-5)c3)n2)cc1.c1ccc(-c2nc(-c3ccccc3)nc(-n3cc4c5c(cccc53)-c3ccccc3-c3cccnc3-4)n2)cc1. The van der Waals surface area contributed by atoms with Crippen LogP contribution in [0.5, 0.6) is 0 Å². The van der Waals surface area contributed by atoms with Gasteiger partial charge in [0.05, 0.1) is 45.0 Å². The molecule has 0 saturated carbocycles. The molecule has 0 bridgehead atoms. The number of benzene rings is 13. The molecule has 0 spiro atoms. The zero-order chi connectivity index (χ0) is 81.3. The molecule has 0 saturated heterocycles. The second-order valence-electron chi connectivity index (χ2n) is 30.4. The van der Waals surface area contributed by atoms with Crippen LogP contribution in [0, 0.1) is 0 Å². The van der Waals surface area contributed by atoms with E-state index in [4.69, 9.17) is 54.8 Å². The summed E-state index contributed by atoms with van der Waals surface area (Å²) in [5.74, 6) is 4.39. The van der Waals surface area contributed by atoms with E-state index in [-0.39, 0.29) is 0 Å². The van der Waals surface area contributed by atoms with E-state index in [1.54, 1.807) is 0 Å². The van der Waals surface area contributed by atoms with Crippen molar-refractivity contribution in [3.63, 3.8) is 0 Å². The Morgan fingerprint density at radius 1 is 0.171 bits per heavy atom. The van der Waals surface area contributed by atoms with Crippen LogP contribution in [0.15, 0.2) is 413 Å². The lowest BCUT2D eigenvalue weighted by atomic mass is 9.95. The van der Waals surface area contributed by atoms with Crippen LogP contribution in [-0.4, -0.2) is 68.5 Å². The van der Waals surface area contributed by atoms with E-state index >= 15 is 0 Å². The Morgan fingerprint density at radius 2 is 0.431 bits per heavy atom. The molecule has 0 aliphatic heterocycles. The molecular formula is C109H68N14. The van der Waals surface area contributed by atoms with Gasteiger partial charge in [0.15, 0.2) is 29.1 Å². The maximum absolute atomic E-state index is 5.10. The van der Waals surface area contributed by atoms with Crippen LogP contribution in [0.1, 0.15) is 0 Å². The molecule has 0 N–H and O–H groups in total. The highest BCUT2D eigenvalue weighted by molar-refractivity contribution is 6.16. The number of hydrogen-bond donors (Lipinski definition) is 0. The molecule has 9 aromatic heterocycles. The first-order valence-corrected chi connectivity index (χ1v) is 40.9. The fourth-order valence-electron chi connectivity index (χ4n) is 17.7. The summed E-state index contributed by atoms with van der Waals surface area (Å²) in [7, 11) is 0. The molecule has 3 aliphatic rings. The summed E-state index contributed by atoms with van der Waals surface area (Å²) in [6.45, 7) is 0. The largest absolute Gasteiger partial charge is 0.316 e. The van der Waals surface area contributed by atoms with E-state index in [1.165, 1.54) is 55.5 Å². The first kappa shape index (κ1) is 71.4. The van der Waals surface area contributed by atoms with Crippen molar-refractivity contribution in [1.29, 1.82) is 0 Å². The van der Waals surface area contributed by atoms with Gasteiger partial charge in [0.2, 0.25) is 11.9 Å². The Kier molecular flexibility index (Phi) is 17.5. The molecule has 574 valence electrons. The molecule has 13 aromatic carbocycles. The fraction of sp³-hybridized carbons (Fsp3) is 0. The fourth-order valence-corrected chi connectivity index (χ4v) is 17.7. The van der Waals surface area contributed by atoms with E-state index < -0.39 is 0 Å². The lowest BCUT2D eigenvalue weighted by molar-refractivity contribution is 0.933. The van der Waals surface area contributed by atoms with Crippen LogP contribution in [0.4, 0.5) is 0 Å². The van der Waals surface area contributed by atoms with Crippen molar-refractivity contribution in [1.82, 2.24) is 68.5 Å². The zero-order valence-electron chi connectivity index (χ0n) is 66.0. The monoisotopic (exact) mass is 1570 g/mol. The van der Waals surface area contributed by atoms with E-state index in [2.05, 4.69) is 232 Å². The smallest absolute Gasteiger partial charge is 0.238 e.